The van der Waals surface area contributed by atoms with Crippen LogP contribution in [0.25, 0.3) is 0 Å². The van der Waals surface area contributed by atoms with Gasteiger partial charge in [0.05, 0.1) is 0 Å². The highest BCUT2D eigenvalue weighted by molar-refractivity contribution is 6.74. The first-order valence-electron chi connectivity index (χ1n) is 6.02. The largest absolute Gasteiger partial charge is 0.417 e. The molecule has 0 spiro atoms. The second kappa shape index (κ2) is 4.58. The van der Waals surface area contributed by atoms with Gasteiger partial charge in [-0.25, -0.2) is 0 Å². The molecule has 0 aliphatic rings. The number of hydrogen-bond donors (Lipinski definition) is 0. The van der Waals surface area contributed by atoms with Crippen molar-refractivity contribution in [1.82, 2.24) is 0 Å². The van der Waals surface area contributed by atoms with Crippen LogP contribution in [0.4, 0.5) is 0 Å². The van der Waals surface area contributed by atoms with E-state index in [4.69, 9.17) is 4.43 Å². The maximum Gasteiger partial charge on any atom is 0.191 e. The van der Waals surface area contributed by atoms with Gasteiger partial charge in [0, 0.05) is 6.61 Å². The van der Waals surface area contributed by atoms with E-state index >= 15 is 0 Å². The highest BCUT2D eigenvalue weighted by Gasteiger charge is 2.37. The van der Waals surface area contributed by atoms with Gasteiger partial charge in [0.1, 0.15) is 0 Å². The van der Waals surface area contributed by atoms with Crippen LogP contribution >= 0.6 is 0 Å². The highest BCUT2D eigenvalue weighted by atomic mass is 28.4. The molecule has 0 aromatic rings. The van der Waals surface area contributed by atoms with Crippen LogP contribution in [0.15, 0.2) is 0 Å². The lowest BCUT2D eigenvalue weighted by molar-refractivity contribution is 0.150. The maximum atomic E-state index is 6.22. The van der Waals surface area contributed by atoms with Crippen LogP contribution in [-0.2, 0) is 4.43 Å². The fourth-order valence-electron chi connectivity index (χ4n) is 0.800. The Morgan fingerprint density at radius 1 is 1.00 bits per heavy atom. The average Bonchev–Trinajstić information content (AvgIpc) is 1.96. The van der Waals surface area contributed by atoms with E-state index in [1.54, 1.807) is 0 Å². The van der Waals surface area contributed by atoms with Crippen LogP contribution in [0.5, 0.6) is 0 Å². The molecule has 0 radical (unpaired) electrons. The molecule has 92 valence electrons. The Bertz CT molecular complexity index is 196. The monoisotopic (exact) mass is 230 g/mol. The predicted molar refractivity (Wildman–Crippen MR) is 71.8 cm³/mol. The summed E-state index contributed by atoms with van der Waals surface area (Å²) >= 11 is 0. The summed E-state index contributed by atoms with van der Waals surface area (Å²) in [5.74, 6) is 0.617. The van der Waals surface area contributed by atoms with Crippen molar-refractivity contribution >= 4 is 8.32 Å². The molecule has 0 amide bonds. The fraction of sp³-hybridized carbons (Fsp3) is 1.00. The van der Waals surface area contributed by atoms with Gasteiger partial charge >= 0.3 is 0 Å². The minimum absolute atomic E-state index is 0.324. The molecule has 1 unspecified atom stereocenters. The molecule has 0 aliphatic heterocycles. The van der Waals surface area contributed by atoms with Crippen LogP contribution in [0.3, 0.4) is 0 Å². The second-order valence-corrected chi connectivity index (χ2v) is 12.1. The lowest BCUT2D eigenvalue weighted by Crippen LogP contribution is -2.42. The number of rotatable bonds is 3. The molecule has 0 N–H and O–H groups in total. The Labute approximate surface area is 97.7 Å². The Morgan fingerprint density at radius 3 is 1.67 bits per heavy atom. The van der Waals surface area contributed by atoms with E-state index in [1.165, 1.54) is 0 Å². The minimum atomic E-state index is -1.55. The van der Waals surface area contributed by atoms with Gasteiger partial charge in [0.25, 0.3) is 0 Å². The lowest BCUT2D eigenvalue weighted by Gasteiger charge is -2.38. The molecular formula is C13H30OSi. The van der Waals surface area contributed by atoms with E-state index in [-0.39, 0.29) is 0 Å². The molecule has 0 fully saturated rings. The highest BCUT2D eigenvalue weighted by Crippen LogP contribution is 2.37. The van der Waals surface area contributed by atoms with Crippen molar-refractivity contribution in [2.75, 3.05) is 6.61 Å². The fourth-order valence-corrected chi connectivity index (χ4v) is 1.90. The summed E-state index contributed by atoms with van der Waals surface area (Å²) in [5, 5.41) is 0.324. The third kappa shape index (κ3) is 4.69. The summed E-state index contributed by atoms with van der Waals surface area (Å²) in [6.07, 6.45) is 0. The normalized spacial score (nSPS) is 16.6. The van der Waals surface area contributed by atoms with Crippen molar-refractivity contribution in [2.24, 2.45) is 11.3 Å². The molecule has 15 heavy (non-hydrogen) atoms. The third-order valence-corrected chi connectivity index (χ3v) is 8.48. The van der Waals surface area contributed by atoms with Crippen LogP contribution in [0.2, 0.25) is 18.1 Å². The Morgan fingerprint density at radius 2 is 1.40 bits per heavy atom. The van der Waals surface area contributed by atoms with Crippen molar-refractivity contribution in [2.45, 2.75) is 66.6 Å². The summed E-state index contributed by atoms with van der Waals surface area (Å²) in [6, 6.07) is 0. The van der Waals surface area contributed by atoms with E-state index in [1.807, 2.05) is 0 Å². The zero-order chi connectivity index (χ0) is 12.5. The molecule has 0 saturated heterocycles. The molecule has 1 atom stereocenters. The molecule has 0 heterocycles. The minimum Gasteiger partial charge on any atom is -0.417 e. The van der Waals surface area contributed by atoms with Gasteiger partial charge in [-0.2, -0.15) is 0 Å². The van der Waals surface area contributed by atoms with Crippen LogP contribution in [-0.4, -0.2) is 14.9 Å². The first kappa shape index (κ1) is 15.2. The van der Waals surface area contributed by atoms with Crippen molar-refractivity contribution < 1.29 is 4.43 Å². The van der Waals surface area contributed by atoms with E-state index < -0.39 is 8.32 Å². The van der Waals surface area contributed by atoms with Crippen molar-refractivity contribution in [1.29, 1.82) is 0 Å². The molecule has 0 aromatic carbocycles. The first-order valence-corrected chi connectivity index (χ1v) is 8.93. The summed E-state index contributed by atoms with van der Waals surface area (Å²) in [5.41, 5.74) is 0.350. The Kier molecular flexibility index (Phi) is 4.64. The second-order valence-electron chi connectivity index (χ2n) is 7.34. The molecule has 0 aromatic heterocycles. The van der Waals surface area contributed by atoms with Crippen LogP contribution in [0, 0.1) is 11.3 Å². The van der Waals surface area contributed by atoms with Gasteiger partial charge in [0.15, 0.2) is 8.32 Å². The van der Waals surface area contributed by atoms with Gasteiger partial charge in [-0.1, -0.05) is 48.5 Å². The standard InChI is InChI=1S/C13H30OSi/c1-11(12(2,3)4)10-14-15(8,9)13(5,6)7/h11H,10H2,1-9H3. The number of hydrogen-bond acceptors (Lipinski definition) is 1. The summed E-state index contributed by atoms with van der Waals surface area (Å²) < 4.78 is 6.22. The van der Waals surface area contributed by atoms with Gasteiger partial charge in [-0.3, -0.25) is 0 Å². The molecule has 0 bridgehead atoms. The molecule has 0 rings (SSSR count). The van der Waals surface area contributed by atoms with Crippen LogP contribution < -0.4 is 0 Å². The van der Waals surface area contributed by atoms with Crippen molar-refractivity contribution in [3.8, 4) is 0 Å². The lowest BCUT2D eigenvalue weighted by atomic mass is 9.83. The molecule has 0 aliphatic carbocycles. The SMILES string of the molecule is CC(CO[Si](C)(C)C(C)(C)C)C(C)(C)C. The van der Waals surface area contributed by atoms with Gasteiger partial charge in [-0.15, -0.1) is 0 Å². The smallest absolute Gasteiger partial charge is 0.191 e. The van der Waals surface area contributed by atoms with Crippen LogP contribution in [0.1, 0.15) is 48.5 Å². The van der Waals surface area contributed by atoms with E-state index in [0.717, 1.165) is 6.61 Å². The zero-order valence-electron chi connectivity index (χ0n) is 12.2. The third-order valence-electron chi connectivity index (χ3n) is 3.98. The predicted octanol–water partition coefficient (Wildman–Crippen LogP) is 4.69. The van der Waals surface area contributed by atoms with E-state index in [0.29, 0.717) is 16.4 Å². The van der Waals surface area contributed by atoms with Gasteiger partial charge in [0.2, 0.25) is 0 Å². The Hall–Kier alpha value is 0.177. The first-order chi connectivity index (χ1) is 6.38. The zero-order valence-corrected chi connectivity index (χ0v) is 13.2. The average molecular weight is 230 g/mol. The quantitative estimate of drug-likeness (QED) is 0.639. The van der Waals surface area contributed by atoms with Gasteiger partial charge < -0.3 is 4.43 Å². The summed E-state index contributed by atoms with van der Waals surface area (Å²) in [4.78, 5) is 0. The Balaban J connectivity index is 4.29. The summed E-state index contributed by atoms with van der Waals surface area (Å²) in [7, 11) is -1.55. The topological polar surface area (TPSA) is 9.23 Å². The molecular weight excluding hydrogens is 200 g/mol. The summed E-state index contributed by atoms with van der Waals surface area (Å²) in [6.45, 7) is 21.6. The molecule has 1 nitrogen and oxygen atoms in total. The molecule has 2 heteroatoms. The van der Waals surface area contributed by atoms with E-state index in [2.05, 4.69) is 61.6 Å². The van der Waals surface area contributed by atoms with Gasteiger partial charge in [-0.05, 0) is 29.5 Å². The van der Waals surface area contributed by atoms with Crippen molar-refractivity contribution in [3.05, 3.63) is 0 Å². The maximum absolute atomic E-state index is 6.22. The van der Waals surface area contributed by atoms with Crippen molar-refractivity contribution in [3.63, 3.8) is 0 Å². The molecule has 0 saturated carbocycles. The van der Waals surface area contributed by atoms with E-state index in [9.17, 15) is 0 Å².